The van der Waals surface area contributed by atoms with Gasteiger partial charge in [0, 0.05) is 29.1 Å². The monoisotopic (exact) mass is 366 g/mol. The number of nitro groups is 1. The Morgan fingerprint density at radius 2 is 2.04 bits per heavy atom. The van der Waals surface area contributed by atoms with Crippen LogP contribution >= 0.6 is 23.2 Å². The summed E-state index contributed by atoms with van der Waals surface area (Å²) in [5.74, 6) is 0.169. The van der Waals surface area contributed by atoms with Gasteiger partial charge in [0.25, 0.3) is 11.6 Å². The minimum Gasteiger partial charge on any atom is -0.493 e. The van der Waals surface area contributed by atoms with Gasteiger partial charge in [-0.05, 0) is 24.3 Å². The van der Waals surface area contributed by atoms with E-state index in [9.17, 15) is 14.9 Å². The molecule has 0 spiro atoms. The summed E-state index contributed by atoms with van der Waals surface area (Å²) >= 11 is 12.0. The van der Waals surface area contributed by atoms with Gasteiger partial charge in [0.05, 0.1) is 28.2 Å². The van der Waals surface area contributed by atoms with Crippen molar-refractivity contribution >= 4 is 34.8 Å². The molecule has 1 atom stereocenters. The van der Waals surface area contributed by atoms with Crippen molar-refractivity contribution in [1.29, 1.82) is 0 Å². The van der Waals surface area contributed by atoms with Gasteiger partial charge in [-0.15, -0.1) is 0 Å². The smallest absolute Gasteiger partial charge is 0.270 e. The van der Waals surface area contributed by atoms with Crippen LogP contribution in [0, 0.1) is 10.1 Å². The number of nitrogens with one attached hydrogen (secondary N) is 1. The van der Waals surface area contributed by atoms with Gasteiger partial charge in [-0.3, -0.25) is 14.9 Å². The van der Waals surface area contributed by atoms with Crippen molar-refractivity contribution in [2.24, 2.45) is 0 Å². The van der Waals surface area contributed by atoms with Gasteiger partial charge in [0.15, 0.2) is 0 Å². The first kappa shape index (κ1) is 16.5. The summed E-state index contributed by atoms with van der Waals surface area (Å²) in [6.07, 6.45) is 0.561. The SMILES string of the molecule is O=C(NC1CCOc2ccc(Cl)cc21)c1cc([N+](=O)[O-])ccc1Cl. The molecule has 0 saturated carbocycles. The number of ether oxygens (including phenoxy) is 1. The van der Waals surface area contributed by atoms with Crippen molar-refractivity contribution < 1.29 is 14.5 Å². The number of carbonyl (C=O) groups is 1. The third-order valence-electron chi connectivity index (χ3n) is 3.72. The maximum Gasteiger partial charge on any atom is 0.270 e. The van der Waals surface area contributed by atoms with Gasteiger partial charge in [-0.1, -0.05) is 23.2 Å². The van der Waals surface area contributed by atoms with Gasteiger partial charge < -0.3 is 10.1 Å². The lowest BCUT2D eigenvalue weighted by molar-refractivity contribution is -0.384. The molecule has 0 fully saturated rings. The number of rotatable bonds is 3. The van der Waals surface area contributed by atoms with Gasteiger partial charge >= 0.3 is 0 Å². The summed E-state index contributed by atoms with van der Waals surface area (Å²) in [4.78, 5) is 22.8. The van der Waals surface area contributed by atoms with Crippen LogP contribution in [0.2, 0.25) is 10.0 Å². The molecule has 2 aromatic rings. The summed E-state index contributed by atoms with van der Waals surface area (Å²) in [5.41, 5.74) is 0.629. The van der Waals surface area contributed by atoms with E-state index in [0.717, 1.165) is 11.6 Å². The molecule has 1 heterocycles. The molecular weight excluding hydrogens is 355 g/mol. The molecule has 1 aliphatic rings. The fourth-order valence-electron chi connectivity index (χ4n) is 2.55. The molecule has 0 saturated heterocycles. The summed E-state index contributed by atoms with van der Waals surface area (Å²) in [6.45, 7) is 0.447. The van der Waals surface area contributed by atoms with E-state index in [1.807, 2.05) is 0 Å². The highest BCUT2D eigenvalue weighted by molar-refractivity contribution is 6.34. The number of benzene rings is 2. The molecule has 0 aliphatic carbocycles. The molecule has 1 aliphatic heterocycles. The second kappa shape index (κ2) is 6.67. The summed E-state index contributed by atoms with van der Waals surface area (Å²) < 4.78 is 5.54. The molecule has 0 aromatic heterocycles. The molecule has 1 unspecified atom stereocenters. The molecule has 1 N–H and O–H groups in total. The van der Waals surface area contributed by atoms with E-state index in [1.54, 1.807) is 18.2 Å². The molecule has 3 rings (SSSR count). The van der Waals surface area contributed by atoms with Crippen molar-refractivity contribution in [3.8, 4) is 5.75 Å². The third kappa shape index (κ3) is 3.29. The molecule has 0 bridgehead atoms. The Labute approximate surface area is 147 Å². The maximum atomic E-state index is 12.5. The maximum absolute atomic E-state index is 12.5. The van der Waals surface area contributed by atoms with Crippen molar-refractivity contribution in [2.45, 2.75) is 12.5 Å². The van der Waals surface area contributed by atoms with E-state index < -0.39 is 10.8 Å². The summed E-state index contributed by atoms with van der Waals surface area (Å²) in [6, 6.07) is 8.63. The van der Waals surface area contributed by atoms with E-state index in [2.05, 4.69) is 5.32 Å². The molecule has 24 heavy (non-hydrogen) atoms. The zero-order chi connectivity index (χ0) is 17.3. The number of nitro benzene ring substituents is 1. The van der Waals surface area contributed by atoms with Crippen LogP contribution in [0.5, 0.6) is 5.75 Å². The van der Waals surface area contributed by atoms with Gasteiger partial charge in [-0.2, -0.15) is 0 Å². The Kier molecular flexibility index (Phi) is 4.59. The lowest BCUT2D eigenvalue weighted by Crippen LogP contribution is -2.32. The average molecular weight is 367 g/mol. The topological polar surface area (TPSA) is 81.5 Å². The Balaban J connectivity index is 1.88. The second-order valence-corrected chi connectivity index (χ2v) is 6.11. The van der Waals surface area contributed by atoms with Crippen LogP contribution in [0.1, 0.15) is 28.4 Å². The minimum absolute atomic E-state index is 0.0564. The standard InChI is InChI=1S/C16H12Cl2N2O4/c17-9-1-4-15-12(7-9)14(5-6-24-15)19-16(21)11-8-10(20(22)23)2-3-13(11)18/h1-4,7-8,14H,5-6H2,(H,19,21). The van der Waals surface area contributed by atoms with Crippen LogP contribution in [0.25, 0.3) is 0 Å². The number of hydrogen-bond donors (Lipinski definition) is 1. The average Bonchev–Trinajstić information content (AvgIpc) is 2.55. The predicted molar refractivity (Wildman–Crippen MR) is 89.9 cm³/mol. The van der Waals surface area contributed by atoms with Crippen molar-refractivity contribution in [2.75, 3.05) is 6.61 Å². The normalized spacial score (nSPS) is 16.0. The van der Waals surface area contributed by atoms with Gasteiger partial charge in [-0.25, -0.2) is 0 Å². The summed E-state index contributed by atoms with van der Waals surface area (Å²) in [7, 11) is 0. The van der Waals surface area contributed by atoms with E-state index in [1.165, 1.54) is 12.1 Å². The van der Waals surface area contributed by atoms with Crippen LogP contribution < -0.4 is 10.1 Å². The largest absolute Gasteiger partial charge is 0.493 e. The van der Waals surface area contributed by atoms with Crippen LogP contribution in [-0.4, -0.2) is 17.4 Å². The fraction of sp³-hybridized carbons (Fsp3) is 0.188. The van der Waals surface area contributed by atoms with E-state index in [-0.39, 0.29) is 22.3 Å². The Bertz CT molecular complexity index is 826. The quantitative estimate of drug-likeness (QED) is 0.653. The zero-order valence-corrected chi connectivity index (χ0v) is 13.8. The molecule has 2 aromatic carbocycles. The van der Waals surface area contributed by atoms with Crippen LogP contribution in [-0.2, 0) is 0 Å². The van der Waals surface area contributed by atoms with Gasteiger partial charge in [0.1, 0.15) is 5.75 Å². The number of nitrogens with zero attached hydrogens (tertiary/aromatic N) is 1. The van der Waals surface area contributed by atoms with E-state index >= 15 is 0 Å². The van der Waals surface area contributed by atoms with E-state index in [4.69, 9.17) is 27.9 Å². The van der Waals surface area contributed by atoms with Crippen LogP contribution in [0.4, 0.5) is 5.69 Å². The first-order valence-corrected chi connectivity index (χ1v) is 7.88. The minimum atomic E-state index is -0.573. The van der Waals surface area contributed by atoms with Crippen molar-refractivity contribution in [3.63, 3.8) is 0 Å². The highest BCUT2D eigenvalue weighted by atomic mass is 35.5. The lowest BCUT2D eigenvalue weighted by Gasteiger charge is -2.27. The number of carbonyl (C=O) groups excluding carboxylic acids is 1. The fourth-order valence-corrected chi connectivity index (χ4v) is 2.94. The molecule has 124 valence electrons. The highest BCUT2D eigenvalue weighted by Crippen LogP contribution is 2.34. The molecule has 6 nitrogen and oxygen atoms in total. The predicted octanol–water partition coefficient (Wildman–Crippen LogP) is 4.16. The van der Waals surface area contributed by atoms with Crippen LogP contribution in [0.3, 0.4) is 0 Å². The summed E-state index contributed by atoms with van der Waals surface area (Å²) in [5, 5.41) is 14.4. The molecule has 0 radical (unpaired) electrons. The Morgan fingerprint density at radius 1 is 1.25 bits per heavy atom. The first-order valence-electron chi connectivity index (χ1n) is 7.13. The number of fused-ring (bicyclic) bond motifs is 1. The second-order valence-electron chi connectivity index (χ2n) is 5.27. The molecule has 8 heteroatoms. The zero-order valence-electron chi connectivity index (χ0n) is 12.3. The third-order valence-corrected chi connectivity index (χ3v) is 4.29. The lowest BCUT2D eigenvalue weighted by atomic mass is 10.00. The number of halogens is 2. The number of amides is 1. The van der Waals surface area contributed by atoms with Crippen molar-refractivity contribution in [3.05, 3.63) is 67.7 Å². The van der Waals surface area contributed by atoms with Gasteiger partial charge in [0.2, 0.25) is 0 Å². The number of non-ortho nitro benzene ring substituents is 1. The van der Waals surface area contributed by atoms with E-state index in [0.29, 0.717) is 23.8 Å². The number of hydrogen-bond acceptors (Lipinski definition) is 4. The first-order chi connectivity index (χ1) is 11.5. The Hall–Kier alpha value is -2.31. The Morgan fingerprint density at radius 3 is 2.79 bits per heavy atom. The molecule has 1 amide bonds. The molecular formula is C16H12Cl2N2O4. The van der Waals surface area contributed by atoms with Crippen LogP contribution in [0.15, 0.2) is 36.4 Å². The van der Waals surface area contributed by atoms with Crippen molar-refractivity contribution in [1.82, 2.24) is 5.32 Å². The highest BCUT2D eigenvalue weighted by Gasteiger charge is 2.25.